The summed E-state index contributed by atoms with van der Waals surface area (Å²) < 4.78 is 0. The second-order valence-corrected chi connectivity index (χ2v) is 14.0. The summed E-state index contributed by atoms with van der Waals surface area (Å²) in [5.74, 6) is -1.42. The Morgan fingerprint density at radius 2 is 1.65 bits per heavy atom. The van der Waals surface area contributed by atoms with Crippen molar-refractivity contribution in [2.24, 2.45) is 11.8 Å². The van der Waals surface area contributed by atoms with Gasteiger partial charge in [-0.05, 0) is 51.6 Å². The summed E-state index contributed by atoms with van der Waals surface area (Å²) in [7, 11) is 0. The second-order valence-electron chi connectivity index (χ2n) is 13.2. The van der Waals surface area contributed by atoms with E-state index in [2.05, 4.69) is 67.9 Å². The van der Waals surface area contributed by atoms with Crippen LogP contribution in [0.1, 0.15) is 80.7 Å². The van der Waals surface area contributed by atoms with Gasteiger partial charge < -0.3 is 10.6 Å². The van der Waals surface area contributed by atoms with Gasteiger partial charge in [0.1, 0.15) is 6.04 Å². The molecular weight excluding hydrogens is 617 g/mol. The molecule has 0 aliphatic heterocycles. The van der Waals surface area contributed by atoms with Crippen molar-refractivity contribution in [3.63, 3.8) is 0 Å². The lowest BCUT2D eigenvalue weighted by Crippen LogP contribution is -2.44. The third-order valence-electron chi connectivity index (χ3n) is 8.69. The van der Waals surface area contributed by atoms with Gasteiger partial charge in [-0.3, -0.25) is 19.7 Å². The van der Waals surface area contributed by atoms with Gasteiger partial charge in [-0.2, -0.15) is 0 Å². The van der Waals surface area contributed by atoms with E-state index in [1.54, 1.807) is 0 Å². The highest BCUT2D eigenvalue weighted by molar-refractivity contribution is 7.14. The second kappa shape index (κ2) is 15.4. The number of nitrogens with one attached hydrogen (secondary N) is 3. The minimum Gasteiger partial charge on any atom is -0.354 e. The number of thiazole rings is 1. The summed E-state index contributed by atoms with van der Waals surface area (Å²) in [5.41, 5.74) is 5.97. The van der Waals surface area contributed by atoms with Crippen molar-refractivity contribution in [1.29, 1.82) is 0 Å². The molecule has 8 heteroatoms. The van der Waals surface area contributed by atoms with Crippen molar-refractivity contribution in [3.05, 3.63) is 125 Å². The minimum absolute atomic E-state index is 0.0395. The summed E-state index contributed by atoms with van der Waals surface area (Å²) in [6.07, 6.45) is 7.50. The molecule has 1 heterocycles. The van der Waals surface area contributed by atoms with Crippen LogP contribution in [0.25, 0.3) is 16.7 Å². The molecule has 7 nitrogen and oxygen atoms in total. The first-order valence-corrected chi connectivity index (χ1v) is 17.4. The largest absolute Gasteiger partial charge is 0.354 e. The zero-order valence-electron chi connectivity index (χ0n) is 28.2. The molecule has 3 N–H and O–H groups in total. The molecule has 1 aromatic heterocycles. The maximum atomic E-state index is 13.7. The number of unbranched alkanes of at least 4 members (excludes halogenated alkanes) is 1. The van der Waals surface area contributed by atoms with E-state index in [-0.39, 0.29) is 29.1 Å². The van der Waals surface area contributed by atoms with Gasteiger partial charge in [-0.25, -0.2) is 4.98 Å². The van der Waals surface area contributed by atoms with Gasteiger partial charge in [0.15, 0.2) is 5.13 Å². The third kappa shape index (κ3) is 8.17. The van der Waals surface area contributed by atoms with Gasteiger partial charge in [-0.1, -0.05) is 132 Å². The quantitative estimate of drug-likeness (QED) is 0.141. The predicted molar refractivity (Wildman–Crippen MR) is 196 cm³/mol. The molecule has 3 amide bonds. The van der Waals surface area contributed by atoms with Crippen LogP contribution in [0.15, 0.2) is 102 Å². The van der Waals surface area contributed by atoms with Crippen LogP contribution < -0.4 is 16.0 Å². The topological polar surface area (TPSA) is 100 Å². The van der Waals surface area contributed by atoms with Gasteiger partial charge in [-0.15, -0.1) is 11.3 Å². The lowest BCUT2D eigenvalue weighted by Gasteiger charge is -2.27. The number of anilines is 1. The number of benzene rings is 3. The Labute approximate surface area is 287 Å². The molecule has 2 unspecified atom stereocenters. The highest BCUT2D eigenvalue weighted by Crippen LogP contribution is 2.36. The van der Waals surface area contributed by atoms with Crippen molar-refractivity contribution in [3.8, 4) is 11.1 Å². The highest BCUT2D eigenvalue weighted by Gasteiger charge is 2.32. The normalized spacial score (nSPS) is 16.5. The van der Waals surface area contributed by atoms with Crippen LogP contribution in [0.4, 0.5) is 5.13 Å². The number of nitrogens with zero attached hydrogens (tertiary/aromatic N) is 1. The molecule has 0 saturated heterocycles. The van der Waals surface area contributed by atoms with E-state index < -0.39 is 12.0 Å². The first-order valence-electron chi connectivity index (χ1n) is 16.6. The van der Waals surface area contributed by atoms with Gasteiger partial charge in [0, 0.05) is 17.5 Å². The van der Waals surface area contributed by atoms with Crippen LogP contribution in [-0.2, 0) is 15.0 Å². The Bertz CT molecular complexity index is 1800. The number of rotatable bonds is 11. The van der Waals surface area contributed by atoms with Gasteiger partial charge in [0.2, 0.25) is 11.8 Å². The van der Waals surface area contributed by atoms with Crippen molar-refractivity contribution >= 4 is 39.8 Å². The van der Waals surface area contributed by atoms with E-state index in [1.807, 2.05) is 85.1 Å². The lowest BCUT2D eigenvalue weighted by atomic mass is 9.81. The highest BCUT2D eigenvalue weighted by atomic mass is 32.1. The van der Waals surface area contributed by atoms with E-state index in [0.29, 0.717) is 22.9 Å². The lowest BCUT2D eigenvalue weighted by molar-refractivity contribution is -0.131. The Morgan fingerprint density at radius 1 is 0.938 bits per heavy atom. The molecule has 1 aliphatic rings. The molecule has 0 saturated carbocycles. The predicted octanol–water partition coefficient (Wildman–Crippen LogP) is 8.34. The number of hydrogen-bond acceptors (Lipinski definition) is 5. The summed E-state index contributed by atoms with van der Waals surface area (Å²) >= 11 is 1.34. The molecular formula is C40H44N4O3S. The molecule has 1 aliphatic carbocycles. The van der Waals surface area contributed by atoms with E-state index in [9.17, 15) is 14.4 Å². The SMILES string of the molecule is CCCCNC(=O)C(NC(=O)[C@@H]1C=CC=C(c2csc(NC(=O)c3ccccc3-c3ccc(C(C)(C)C)cc3)n2)C1C)c1ccccc1. The zero-order chi connectivity index (χ0) is 34.3. The van der Waals surface area contributed by atoms with Crippen LogP contribution in [0.2, 0.25) is 0 Å². The molecule has 3 aromatic carbocycles. The van der Waals surface area contributed by atoms with Crippen molar-refractivity contribution < 1.29 is 14.4 Å². The average molecular weight is 661 g/mol. The van der Waals surface area contributed by atoms with Crippen LogP contribution in [0.3, 0.4) is 0 Å². The molecule has 4 aromatic rings. The number of allylic oxidation sites excluding steroid dienone is 3. The van der Waals surface area contributed by atoms with Crippen molar-refractivity contribution in [2.75, 3.05) is 11.9 Å². The summed E-state index contributed by atoms with van der Waals surface area (Å²) in [6, 6.07) is 24.4. The number of amides is 3. The zero-order valence-corrected chi connectivity index (χ0v) is 29.1. The maximum absolute atomic E-state index is 13.7. The Hall–Kier alpha value is -4.82. The number of carbonyl (C=O) groups is 3. The van der Waals surface area contributed by atoms with Crippen LogP contribution in [0.5, 0.6) is 0 Å². The van der Waals surface area contributed by atoms with E-state index >= 15 is 0 Å². The van der Waals surface area contributed by atoms with E-state index in [0.717, 1.165) is 35.1 Å². The summed E-state index contributed by atoms with van der Waals surface area (Å²) in [5, 5.41) is 11.3. The van der Waals surface area contributed by atoms with Gasteiger partial charge in [0.25, 0.3) is 5.91 Å². The first-order chi connectivity index (χ1) is 23.1. The molecule has 0 radical (unpaired) electrons. The molecule has 0 spiro atoms. The molecule has 48 heavy (non-hydrogen) atoms. The van der Waals surface area contributed by atoms with E-state index in [4.69, 9.17) is 4.98 Å². The Morgan fingerprint density at radius 3 is 2.35 bits per heavy atom. The Balaban J connectivity index is 1.28. The minimum atomic E-state index is -0.800. The van der Waals surface area contributed by atoms with Crippen LogP contribution in [0, 0.1) is 11.8 Å². The van der Waals surface area contributed by atoms with Gasteiger partial charge in [0.05, 0.1) is 11.6 Å². The molecule has 0 fully saturated rings. The van der Waals surface area contributed by atoms with Crippen molar-refractivity contribution in [1.82, 2.24) is 15.6 Å². The molecule has 248 valence electrons. The van der Waals surface area contributed by atoms with Gasteiger partial charge >= 0.3 is 0 Å². The third-order valence-corrected chi connectivity index (χ3v) is 9.45. The molecule has 5 rings (SSSR count). The van der Waals surface area contributed by atoms with E-state index in [1.165, 1.54) is 16.9 Å². The maximum Gasteiger partial charge on any atom is 0.258 e. The fourth-order valence-electron chi connectivity index (χ4n) is 5.81. The molecule has 3 atom stereocenters. The molecule has 0 bridgehead atoms. The van der Waals surface area contributed by atoms with Crippen molar-refractivity contribution in [2.45, 2.75) is 58.9 Å². The standard InChI is InChI=1S/C40H44N4O3S/c1-6-7-24-41-38(47)35(28-14-9-8-10-15-28)43-36(45)31-19-13-18-30(26(31)2)34-25-48-39(42-34)44-37(46)33-17-12-11-16-32(33)27-20-22-29(23-21-27)40(3,4)5/h8-23,25-26,31,35H,6-7,24H2,1-5H3,(H,41,47)(H,43,45)(H,42,44,46)/t26?,31-,35?/m1/s1. The van der Waals surface area contributed by atoms with Crippen LogP contribution >= 0.6 is 11.3 Å². The van der Waals surface area contributed by atoms with Crippen LogP contribution in [-0.4, -0.2) is 29.3 Å². The average Bonchev–Trinajstić information content (AvgIpc) is 3.55. The first kappa shape index (κ1) is 34.5. The Kier molecular flexibility index (Phi) is 11.1. The fourth-order valence-corrected chi connectivity index (χ4v) is 6.52. The smallest absolute Gasteiger partial charge is 0.258 e. The fraction of sp³-hybridized carbons (Fsp3) is 0.300. The summed E-state index contributed by atoms with van der Waals surface area (Å²) in [4.78, 5) is 45.1. The summed E-state index contributed by atoms with van der Waals surface area (Å²) in [6.45, 7) is 11.1. The number of carbonyl (C=O) groups excluding carboxylic acids is 3. The monoisotopic (exact) mass is 660 g/mol. The number of hydrogen-bond donors (Lipinski definition) is 3. The number of aromatic nitrogens is 1.